The van der Waals surface area contributed by atoms with Crippen molar-refractivity contribution < 1.29 is 27.3 Å². The Bertz CT molecular complexity index is 1060. The van der Waals surface area contributed by atoms with E-state index in [1.165, 1.54) is 13.3 Å². The van der Waals surface area contributed by atoms with Crippen molar-refractivity contribution in [3.05, 3.63) is 93.4 Å². The molecule has 0 saturated carbocycles. The maximum absolute atomic E-state index is 13.1. The van der Waals surface area contributed by atoms with Gasteiger partial charge >= 0.3 is 6.18 Å². The molecule has 1 amide bonds. The molecule has 3 rings (SSSR count). The molecule has 0 bridgehead atoms. The first-order valence-electron chi connectivity index (χ1n) is 9.13. The van der Waals surface area contributed by atoms with Crippen LogP contribution in [-0.4, -0.2) is 17.9 Å². The number of nitrogens with one attached hydrogen (secondary N) is 1. The molecule has 0 aliphatic carbocycles. The fraction of sp³-hybridized carbons (Fsp3) is 0.190. The van der Waals surface area contributed by atoms with Crippen LogP contribution in [0.5, 0.6) is 0 Å². The molecule has 0 aliphatic heterocycles. The molecule has 31 heavy (non-hydrogen) atoms. The van der Waals surface area contributed by atoms with E-state index in [2.05, 4.69) is 5.32 Å². The van der Waals surface area contributed by atoms with Gasteiger partial charge in [0.2, 0.25) is 0 Å². The molecule has 0 saturated heterocycles. The summed E-state index contributed by atoms with van der Waals surface area (Å²) in [5.74, 6) is 0.216. The average molecular weight is 433 g/mol. The number of benzene rings is 2. The van der Waals surface area contributed by atoms with Gasteiger partial charge in [-0.2, -0.15) is 13.2 Å². The Morgan fingerprint density at radius 3 is 2.39 bits per heavy atom. The van der Waals surface area contributed by atoms with Crippen LogP contribution in [0, 0.1) is 10.1 Å². The molecular formula is C21H18F3N3O4. The first-order chi connectivity index (χ1) is 14.7. The summed E-state index contributed by atoms with van der Waals surface area (Å²) in [5, 5.41) is 14.1. The summed E-state index contributed by atoms with van der Waals surface area (Å²) in [5.41, 5.74) is -0.610. The van der Waals surface area contributed by atoms with Gasteiger partial charge in [-0.3, -0.25) is 14.9 Å². The normalized spacial score (nSPS) is 11.2. The minimum Gasteiger partial charge on any atom is -0.467 e. The third-order valence-corrected chi connectivity index (χ3v) is 4.58. The lowest BCUT2D eigenvalue weighted by Gasteiger charge is -2.24. The van der Waals surface area contributed by atoms with Crippen molar-refractivity contribution in [3.63, 3.8) is 0 Å². The van der Waals surface area contributed by atoms with E-state index in [0.29, 0.717) is 23.0 Å². The van der Waals surface area contributed by atoms with Gasteiger partial charge in [-0.15, -0.1) is 0 Å². The highest BCUT2D eigenvalue weighted by Crippen LogP contribution is 2.37. The second kappa shape index (κ2) is 8.90. The Kier molecular flexibility index (Phi) is 6.28. The van der Waals surface area contributed by atoms with Crippen molar-refractivity contribution >= 4 is 17.3 Å². The number of alkyl halides is 3. The maximum atomic E-state index is 13.1. The van der Waals surface area contributed by atoms with Gasteiger partial charge < -0.3 is 14.6 Å². The number of carbonyl (C=O) groups is 1. The van der Waals surface area contributed by atoms with Crippen LogP contribution in [0.2, 0.25) is 0 Å². The lowest BCUT2D eigenvalue weighted by atomic mass is 10.1. The summed E-state index contributed by atoms with van der Waals surface area (Å²) in [4.78, 5) is 24.0. The maximum Gasteiger partial charge on any atom is 0.416 e. The van der Waals surface area contributed by atoms with E-state index in [0.717, 1.165) is 12.1 Å². The number of rotatable bonds is 7. The van der Waals surface area contributed by atoms with Crippen molar-refractivity contribution in [2.24, 2.45) is 0 Å². The number of nitrogens with zero attached hydrogens (tertiary/aromatic N) is 2. The Morgan fingerprint density at radius 1 is 1.13 bits per heavy atom. The third kappa shape index (κ3) is 5.21. The van der Waals surface area contributed by atoms with Crippen molar-refractivity contribution in [2.75, 3.05) is 11.9 Å². The minimum atomic E-state index is -4.70. The smallest absolute Gasteiger partial charge is 0.416 e. The van der Waals surface area contributed by atoms with E-state index in [-0.39, 0.29) is 24.7 Å². The van der Waals surface area contributed by atoms with Gasteiger partial charge in [0.25, 0.3) is 11.6 Å². The Balaban J connectivity index is 1.99. The van der Waals surface area contributed by atoms with Crippen LogP contribution in [0.1, 0.15) is 27.2 Å². The third-order valence-electron chi connectivity index (χ3n) is 4.58. The number of furan rings is 1. The van der Waals surface area contributed by atoms with Gasteiger partial charge in [0, 0.05) is 25.2 Å². The minimum absolute atomic E-state index is 0.0183. The molecule has 0 radical (unpaired) electrons. The molecule has 1 heterocycles. The Hall–Kier alpha value is -3.82. The largest absolute Gasteiger partial charge is 0.467 e. The molecule has 1 aromatic heterocycles. The van der Waals surface area contributed by atoms with E-state index in [1.807, 2.05) is 0 Å². The fourth-order valence-corrected chi connectivity index (χ4v) is 3.06. The predicted molar refractivity (Wildman–Crippen MR) is 107 cm³/mol. The second-order valence-corrected chi connectivity index (χ2v) is 6.67. The number of halogens is 3. The summed E-state index contributed by atoms with van der Waals surface area (Å²) in [6.07, 6.45) is -3.27. The highest BCUT2D eigenvalue weighted by molar-refractivity contribution is 5.93. The van der Waals surface area contributed by atoms with E-state index < -0.39 is 22.4 Å². The van der Waals surface area contributed by atoms with E-state index in [1.54, 1.807) is 41.3 Å². The van der Waals surface area contributed by atoms with Crippen LogP contribution in [0.25, 0.3) is 0 Å². The highest BCUT2D eigenvalue weighted by atomic mass is 19.4. The lowest BCUT2D eigenvalue weighted by molar-refractivity contribution is -0.384. The molecule has 7 nitrogen and oxygen atoms in total. The second-order valence-electron chi connectivity index (χ2n) is 6.67. The number of hydrogen-bond acceptors (Lipinski definition) is 5. The molecule has 0 fully saturated rings. The van der Waals surface area contributed by atoms with Gasteiger partial charge in [-0.1, -0.05) is 12.1 Å². The average Bonchev–Trinajstić information content (AvgIpc) is 3.25. The van der Waals surface area contributed by atoms with Crippen LogP contribution in [0.3, 0.4) is 0 Å². The zero-order chi connectivity index (χ0) is 22.6. The number of nitro groups is 1. The highest BCUT2D eigenvalue weighted by Gasteiger charge is 2.34. The van der Waals surface area contributed by atoms with Gasteiger partial charge in [0.15, 0.2) is 0 Å². The molecular weight excluding hydrogens is 415 g/mol. The van der Waals surface area contributed by atoms with E-state index in [9.17, 15) is 28.1 Å². The zero-order valence-corrected chi connectivity index (χ0v) is 16.3. The topological polar surface area (TPSA) is 88.6 Å². The first kappa shape index (κ1) is 21.9. The van der Waals surface area contributed by atoms with Crippen LogP contribution >= 0.6 is 0 Å². The molecule has 0 unspecified atom stereocenters. The molecule has 0 atom stereocenters. The molecule has 162 valence electrons. The molecule has 1 N–H and O–H groups in total. The van der Waals surface area contributed by atoms with Crippen LogP contribution in [0.4, 0.5) is 24.5 Å². The molecule has 10 heteroatoms. The number of carbonyl (C=O) groups excluding carboxylic acids is 1. The molecule has 0 spiro atoms. The molecule has 2 aromatic carbocycles. The standard InChI is InChI=1S/C21H18F3N3O4/c1-25-20(28)15-6-4-14(5-7-15)12-26(13-17-3-2-10-31-17)18-9-8-16(21(22,23)24)11-19(18)27(29)30/h2-11H,12-13H2,1H3,(H,25,28). The lowest BCUT2D eigenvalue weighted by Crippen LogP contribution is -2.23. The number of hydrogen-bond donors (Lipinski definition) is 1. The van der Waals surface area contributed by atoms with Crippen molar-refractivity contribution in [1.82, 2.24) is 5.32 Å². The Morgan fingerprint density at radius 2 is 1.84 bits per heavy atom. The number of amides is 1. The van der Waals surface area contributed by atoms with Crippen molar-refractivity contribution in [2.45, 2.75) is 19.3 Å². The van der Waals surface area contributed by atoms with Crippen LogP contribution in [-0.2, 0) is 19.3 Å². The summed E-state index contributed by atoms with van der Waals surface area (Å²) < 4.78 is 44.5. The quantitative estimate of drug-likeness (QED) is 0.428. The summed E-state index contributed by atoms with van der Waals surface area (Å²) in [6, 6.07) is 12.3. The van der Waals surface area contributed by atoms with Crippen molar-refractivity contribution in [3.8, 4) is 0 Å². The van der Waals surface area contributed by atoms with Gasteiger partial charge in [-0.05, 0) is 42.0 Å². The van der Waals surface area contributed by atoms with Gasteiger partial charge in [-0.25, -0.2) is 0 Å². The first-order valence-corrected chi connectivity index (χ1v) is 9.13. The predicted octanol–water partition coefficient (Wildman–Crippen LogP) is 4.77. The van der Waals surface area contributed by atoms with Crippen molar-refractivity contribution in [1.29, 1.82) is 0 Å². The number of anilines is 1. The van der Waals surface area contributed by atoms with Gasteiger partial charge in [0.1, 0.15) is 11.4 Å². The summed E-state index contributed by atoms with van der Waals surface area (Å²) in [7, 11) is 1.51. The summed E-state index contributed by atoms with van der Waals surface area (Å²) in [6.45, 7) is 0.233. The van der Waals surface area contributed by atoms with E-state index >= 15 is 0 Å². The van der Waals surface area contributed by atoms with Gasteiger partial charge in [0.05, 0.1) is 23.3 Å². The fourth-order valence-electron chi connectivity index (χ4n) is 3.06. The molecule has 3 aromatic rings. The SMILES string of the molecule is CNC(=O)c1ccc(CN(Cc2ccco2)c2ccc(C(F)(F)F)cc2[N+](=O)[O-])cc1. The monoisotopic (exact) mass is 433 g/mol. The molecule has 0 aliphatic rings. The zero-order valence-electron chi connectivity index (χ0n) is 16.3. The number of nitro benzene ring substituents is 1. The van der Waals surface area contributed by atoms with Crippen LogP contribution in [0.15, 0.2) is 65.3 Å². The Labute approximate surface area is 175 Å². The summed E-state index contributed by atoms with van der Waals surface area (Å²) >= 11 is 0. The van der Waals surface area contributed by atoms with Crippen LogP contribution < -0.4 is 10.2 Å². The van der Waals surface area contributed by atoms with E-state index in [4.69, 9.17) is 4.42 Å².